The van der Waals surface area contributed by atoms with E-state index < -0.39 is 0 Å². The topological polar surface area (TPSA) is 66.0 Å². The van der Waals surface area contributed by atoms with Gasteiger partial charge in [0.2, 0.25) is 0 Å². The smallest absolute Gasteiger partial charge is 0.255 e. The van der Waals surface area contributed by atoms with Crippen molar-refractivity contribution >= 4 is 23.2 Å². The first-order chi connectivity index (χ1) is 15.0. The molecule has 6 nitrogen and oxygen atoms in total. The van der Waals surface area contributed by atoms with E-state index in [9.17, 15) is 4.79 Å². The number of carbonyl (C=O) groups excluding carboxylic acids is 1. The Bertz CT molecular complexity index is 1040. The highest BCUT2D eigenvalue weighted by Gasteiger charge is 2.15. The Morgan fingerprint density at radius 3 is 2.23 bits per heavy atom. The van der Waals surface area contributed by atoms with Crippen LogP contribution in [-0.2, 0) is 18.0 Å². The summed E-state index contributed by atoms with van der Waals surface area (Å²) in [6.45, 7) is 0.763. The van der Waals surface area contributed by atoms with E-state index in [0.717, 1.165) is 11.1 Å². The van der Waals surface area contributed by atoms with Gasteiger partial charge in [0.05, 0.1) is 45.3 Å². The molecule has 0 bridgehead atoms. The second kappa shape index (κ2) is 10.7. The SMILES string of the molecule is COc1cc(NC(=O)c2ccc(OC)c(COCc3ccccc3)c2)c(OC)cc1Cl. The average Bonchev–Trinajstić information content (AvgIpc) is 2.80. The zero-order valence-electron chi connectivity index (χ0n) is 17.6. The van der Waals surface area contributed by atoms with E-state index in [4.69, 9.17) is 30.5 Å². The molecule has 0 aliphatic heterocycles. The largest absolute Gasteiger partial charge is 0.496 e. The normalized spacial score (nSPS) is 10.5. The molecule has 3 rings (SSSR count). The molecule has 0 saturated carbocycles. The summed E-state index contributed by atoms with van der Waals surface area (Å²) in [6.07, 6.45) is 0. The standard InChI is InChI=1S/C24H24ClNO5/c1-28-21-10-9-17(11-18(21)15-31-14-16-7-5-4-6-8-16)24(27)26-20-13-22(29-2)19(25)12-23(20)30-3/h4-13H,14-15H2,1-3H3,(H,26,27). The lowest BCUT2D eigenvalue weighted by Crippen LogP contribution is -2.13. The second-order valence-corrected chi connectivity index (χ2v) is 7.05. The first-order valence-corrected chi connectivity index (χ1v) is 9.95. The third kappa shape index (κ3) is 5.69. The van der Waals surface area contributed by atoms with E-state index in [1.54, 1.807) is 37.4 Å². The first-order valence-electron chi connectivity index (χ1n) is 9.57. The van der Waals surface area contributed by atoms with Gasteiger partial charge in [-0.15, -0.1) is 0 Å². The fraction of sp³-hybridized carbons (Fsp3) is 0.208. The molecule has 0 unspecified atom stereocenters. The van der Waals surface area contributed by atoms with Gasteiger partial charge in [-0.1, -0.05) is 41.9 Å². The summed E-state index contributed by atoms with van der Waals surface area (Å²) in [7, 11) is 4.59. The number of anilines is 1. The summed E-state index contributed by atoms with van der Waals surface area (Å²) in [6, 6.07) is 18.3. The zero-order valence-corrected chi connectivity index (χ0v) is 18.4. The number of methoxy groups -OCH3 is 3. The summed E-state index contributed by atoms with van der Waals surface area (Å²) in [5.41, 5.74) is 2.74. The van der Waals surface area contributed by atoms with Crippen molar-refractivity contribution in [2.45, 2.75) is 13.2 Å². The van der Waals surface area contributed by atoms with Crippen molar-refractivity contribution < 1.29 is 23.7 Å². The molecule has 0 aromatic heterocycles. The van der Waals surface area contributed by atoms with Gasteiger partial charge < -0.3 is 24.3 Å². The van der Waals surface area contributed by atoms with E-state index in [-0.39, 0.29) is 5.91 Å². The molecule has 0 aliphatic carbocycles. The van der Waals surface area contributed by atoms with Gasteiger partial charge in [-0.3, -0.25) is 4.79 Å². The quantitative estimate of drug-likeness (QED) is 0.485. The van der Waals surface area contributed by atoms with E-state index in [0.29, 0.717) is 46.7 Å². The van der Waals surface area contributed by atoms with Crippen LogP contribution in [0.2, 0.25) is 5.02 Å². The number of rotatable bonds is 9. The molecule has 0 heterocycles. The number of carbonyl (C=O) groups is 1. The highest BCUT2D eigenvalue weighted by Crippen LogP contribution is 2.36. The first kappa shape index (κ1) is 22.5. The molecule has 3 aromatic rings. The lowest BCUT2D eigenvalue weighted by Gasteiger charge is -2.14. The molecule has 0 spiro atoms. The molecular formula is C24H24ClNO5. The van der Waals surface area contributed by atoms with Gasteiger partial charge in [0.25, 0.3) is 5.91 Å². The third-order valence-electron chi connectivity index (χ3n) is 4.63. The van der Waals surface area contributed by atoms with Crippen molar-refractivity contribution in [3.8, 4) is 17.2 Å². The molecule has 0 saturated heterocycles. The third-order valence-corrected chi connectivity index (χ3v) is 4.93. The minimum absolute atomic E-state index is 0.303. The van der Waals surface area contributed by atoms with Crippen LogP contribution >= 0.6 is 11.6 Å². The van der Waals surface area contributed by atoms with Crippen molar-refractivity contribution in [1.82, 2.24) is 0 Å². The van der Waals surface area contributed by atoms with Crippen molar-refractivity contribution in [3.05, 3.63) is 82.4 Å². The molecule has 0 atom stereocenters. The number of halogens is 1. The Morgan fingerprint density at radius 2 is 1.55 bits per heavy atom. The fourth-order valence-corrected chi connectivity index (χ4v) is 3.27. The van der Waals surface area contributed by atoms with E-state index in [1.165, 1.54) is 14.2 Å². The number of hydrogen-bond donors (Lipinski definition) is 1. The predicted molar refractivity (Wildman–Crippen MR) is 120 cm³/mol. The predicted octanol–water partition coefficient (Wildman–Crippen LogP) is 5.33. The van der Waals surface area contributed by atoms with E-state index in [1.807, 2.05) is 30.3 Å². The van der Waals surface area contributed by atoms with Gasteiger partial charge in [-0.2, -0.15) is 0 Å². The molecule has 1 amide bonds. The van der Waals surface area contributed by atoms with E-state index >= 15 is 0 Å². The maximum Gasteiger partial charge on any atom is 0.255 e. The van der Waals surface area contributed by atoms with Gasteiger partial charge in [0.15, 0.2) is 0 Å². The molecule has 7 heteroatoms. The van der Waals surface area contributed by atoms with Crippen LogP contribution in [-0.4, -0.2) is 27.2 Å². The minimum Gasteiger partial charge on any atom is -0.496 e. The Balaban J connectivity index is 1.76. The van der Waals surface area contributed by atoms with E-state index in [2.05, 4.69) is 5.32 Å². The van der Waals surface area contributed by atoms with Crippen LogP contribution in [0.4, 0.5) is 5.69 Å². The van der Waals surface area contributed by atoms with Gasteiger partial charge >= 0.3 is 0 Å². The minimum atomic E-state index is -0.311. The zero-order chi connectivity index (χ0) is 22.2. The van der Waals surface area contributed by atoms with Crippen LogP contribution in [0.5, 0.6) is 17.2 Å². The summed E-state index contributed by atoms with van der Waals surface area (Å²) in [4.78, 5) is 12.9. The number of hydrogen-bond acceptors (Lipinski definition) is 5. The number of nitrogens with one attached hydrogen (secondary N) is 1. The van der Waals surface area contributed by atoms with Crippen LogP contribution in [0, 0.1) is 0 Å². The van der Waals surface area contributed by atoms with Crippen molar-refractivity contribution in [2.75, 3.05) is 26.6 Å². The molecule has 0 aliphatic rings. The average molecular weight is 442 g/mol. The lowest BCUT2D eigenvalue weighted by atomic mass is 10.1. The van der Waals surface area contributed by atoms with Crippen LogP contribution in [0.3, 0.4) is 0 Å². The Morgan fingerprint density at radius 1 is 0.839 bits per heavy atom. The Labute approximate surface area is 186 Å². The van der Waals surface area contributed by atoms with Gasteiger partial charge in [-0.05, 0) is 23.8 Å². The van der Waals surface area contributed by atoms with Crippen LogP contribution in [0.1, 0.15) is 21.5 Å². The van der Waals surface area contributed by atoms with Crippen LogP contribution in [0.25, 0.3) is 0 Å². The second-order valence-electron chi connectivity index (χ2n) is 6.65. The highest BCUT2D eigenvalue weighted by atomic mass is 35.5. The molecule has 0 radical (unpaired) electrons. The molecule has 3 aromatic carbocycles. The monoisotopic (exact) mass is 441 g/mol. The molecule has 0 fully saturated rings. The van der Waals surface area contributed by atoms with Gasteiger partial charge in [0.1, 0.15) is 17.2 Å². The molecule has 31 heavy (non-hydrogen) atoms. The molecule has 1 N–H and O–H groups in total. The van der Waals surface area contributed by atoms with Gasteiger partial charge in [0, 0.05) is 23.3 Å². The summed E-state index contributed by atoms with van der Waals surface area (Å²) in [5, 5.41) is 3.23. The van der Waals surface area contributed by atoms with Gasteiger partial charge in [-0.25, -0.2) is 0 Å². The maximum atomic E-state index is 12.9. The molecular weight excluding hydrogens is 418 g/mol. The maximum absolute atomic E-state index is 12.9. The number of ether oxygens (including phenoxy) is 4. The fourth-order valence-electron chi connectivity index (χ4n) is 3.04. The number of benzene rings is 3. The Hall–Kier alpha value is -3.22. The summed E-state index contributed by atoms with van der Waals surface area (Å²) >= 11 is 6.14. The lowest BCUT2D eigenvalue weighted by molar-refractivity contribution is 0.102. The summed E-state index contributed by atoms with van der Waals surface area (Å²) < 4.78 is 21.8. The van der Waals surface area contributed by atoms with Crippen LogP contribution in [0.15, 0.2) is 60.7 Å². The highest BCUT2D eigenvalue weighted by molar-refractivity contribution is 6.32. The van der Waals surface area contributed by atoms with Crippen molar-refractivity contribution in [2.24, 2.45) is 0 Å². The van der Waals surface area contributed by atoms with Crippen molar-refractivity contribution in [3.63, 3.8) is 0 Å². The number of amides is 1. The molecule has 162 valence electrons. The van der Waals surface area contributed by atoms with Crippen molar-refractivity contribution in [1.29, 1.82) is 0 Å². The van der Waals surface area contributed by atoms with Crippen LogP contribution < -0.4 is 19.5 Å². The Kier molecular flexibility index (Phi) is 7.76. The summed E-state index contributed by atoms with van der Waals surface area (Å²) in [5.74, 6) is 1.20.